The first-order valence-corrected chi connectivity index (χ1v) is 7.56. The predicted octanol–water partition coefficient (Wildman–Crippen LogP) is 3.12. The Balaban J connectivity index is 2.42. The molecular formula is C16H19O2P. The molecule has 100 valence electrons. The zero-order valence-electron chi connectivity index (χ0n) is 11.5. The molecule has 2 nitrogen and oxygen atoms in total. The Morgan fingerprint density at radius 2 is 1.53 bits per heavy atom. The van der Waals surface area contributed by atoms with Gasteiger partial charge in [-0.05, 0) is 55.5 Å². The van der Waals surface area contributed by atoms with E-state index < -0.39 is 8.38 Å². The molecule has 0 heterocycles. The third kappa shape index (κ3) is 3.22. The monoisotopic (exact) mass is 274 g/mol. The van der Waals surface area contributed by atoms with Crippen molar-refractivity contribution in [2.45, 2.75) is 27.2 Å². The molecule has 0 unspecified atom stereocenters. The second-order valence-electron chi connectivity index (χ2n) is 4.97. The Morgan fingerprint density at radius 1 is 0.947 bits per heavy atom. The van der Waals surface area contributed by atoms with Crippen molar-refractivity contribution in [3.05, 3.63) is 64.2 Å². The summed E-state index contributed by atoms with van der Waals surface area (Å²) in [5, 5.41) is 0.650. The van der Waals surface area contributed by atoms with E-state index in [1.54, 1.807) is 6.07 Å². The van der Waals surface area contributed by atoms with Crippen LogP contribution in [0.2, 0.25) is 0 Å². The molecule has 0 atom stereocenters. The van der Waals surface area contributed by atoms with Crippen LogP contribution in [0.1, 0.15) is 27.8 Å². The highest BCUT2D eigenvalue weighted by Crippen LogP contribution is 2.27. The van der Waals surface area contributed by atoms with Crippen molar-refractivity contribution >= 4 is 13.7 Å². The van der Waals surface area contributed by atoms with Crippen LogP contribution in [0.5, 0.6) is 0 Å². The van der Waals surface area contributed by atoms with E-state index in [-0.39, 0.29) is 0 Å². The van der Waals surface area contributed by atoms with Crippen molar-refractivity contribution in [1.82, 2.24) is 0 Å². The van der Waals surface area contributed by atoms with Crippen LogP contribution in [0.15, 0.2) is 36.4 Å². The largest absolute Gasteiger partial charge is 0.347 e. The van der Waals surface area contributed by atoms with Gasteiger partial charge in [0.25, 0.3) is 0 Å². The number of aryl methyl sites for hydroxylation is 3. The predicted molar refractivity (Wildman–Crippen MR) is 80.9 cm³/mol. The summed E-state index contributed by atoms with van der Waals surface area (Å²) < 4.78 is 0. The molecule has 2 N–H and O–H groups in total. The molecule has 0 aliphatic heterocycles. The summed E-state index contributed by atoms with van der Waals surface area (Å²) >= 11 is 0. The van der Waals surface area contributed by atoms with Crippen LogP contribution in [-0.2, 0) is 6.42 Å². The van der Waals surface area contributed by atoms with Gasteiger partial charge in [-0.3, -0.25) is 0 Å². The second-order valence-corrected chi connectivity index (χ2v) is 6.03. The zero-order valence-corrected chi connectivity index (χ0v) is 12.4. The summed E-state index contributed by atoms with van der Waals surface area (Å²) in [6.45, 7) is 6.32. The minimum atomic E-state index is -2.04. The topological polar surface area (TPSA) is 40.5 Å². The molecule has 0 aliphatic rings. The molecule has 2 aromatic rings. The molecule has 0 spiro atoms. The molecule has 2 aromatic carbocycles. The van der Waals surface area contributed by atoms with Gasteiger partial charge in [0.05, 0.1) is 0 Å². The van der Waals surface area contributed by atoms with Gasteiger partial charge in [-0.25, -0.2) is 0 Å². The van der Waals surface area contributed by atoms with Gasteiger partial charge in [0.2, 0.25) is 0 Å². The van der Waals surface area contributed by atoms with Crippen LogP contribution in [0, 0.1) is 20.8 Å². The maximum absolute atomic E-state index is 9.49. The fraction of sp³-hybridized carbons (Fsp3) is 0.250. The Labute approximate surface area is 115 Å². The van der Waals surface area contributed by atoms with Gasteiger partial charge < -0.3 is 9.79 Å². The Bertz CT molecular complexity index is 568. The highest BCUT2D eigenvalue weighted by molar-refractivity contribution is 7.54. The van der Waals surface area contributed by atoms with Crippen LogP contribution >= 0.6 is 8.38 Å². The van der Waals surface area contributed by atoms with Gasteiger partial charge in [-0.1, -0.05) is 35.9 Å². The number of rotatable bonds is 3. The van der Waals surface area contributed by atoms with Gasteiger partial charge in [0.1, 0.15) is 0 Å². The van der Waals surface area contributed by atoms with E-state index in [0.29, 0.717) is 5.30 Å². The molecule has 3 heteroatoms. The van der Waals surface area contributed by atoms with Crippen molar-refractivity contribution in [1.29, 1.82) is 0 Å². The van der Waals surface area contributed by atoms with Gasteiger partial charge in [0, 0.05) is 5.30 Å². The van der Waals surface area contributed by atoms with Gasteiger partial charge in [-0.15, -0.1) is 0 Å². The van der Waals surface area contributed by atoms with E-state index in [2.05, 4.69) is 32.9 Å². The molecule has 2 rings (SSSR count). The van der Waals surface area contributed by atoms with Crippen molar-refractivity contribution in [3.63, 3.8) is 0 Å². The average Bonchev–Trinajstić information content (AvgIpc) is 2.34. The van der Waals surface area contributed by atoms with Crippen molar-refractivity contribution in [2.24, 2.45) is 0 Å². The lowest BCUT2D eigenvalue weighted by molar-refractivity contribution is 0.496. The molecule has 0 aliphatic carbocycles. The van der Waals surface area contributed by atoms with Crippen molar-refractivity contribution < 1.29 is 9.79 Å². The molecule has 0 fully saturated rings. The second kappa shape index (κ2) is 5.83. The van der Waals surface area contributed by atoms with Crippen molar-refractivity contribution in [2.75, 3.05) is 0 Å². The minimum absolute atomic E-state index is 0.650. The van der Waals surface area contributed by atoms with E-state index in [0.717, 1.165) is 12.0 Å². The lowest BCUT2D eigenvalue weighted by atomic mass is 9.94. The molecule has 0 radical (unpaired) electrons. The van der Waals surface area contributed by atoms with E-state index in [9.17, 15) is 9.79 Å². The standard InChI is InChI=1S/C16H19O2P/c1-11-8-12(2)15(13(3)9-11)10-14-6-4-5-7-16(14)19(17)18/h4-9,17-18H,10H2,1-3H3. The van der Waals surface area contributed by atoms with Gasteiger partial charge in [-0.2, -0.15) is 0 Å². The van der Waals surface area contributed by atoms with Crippen LogP contribution < -0.4 is 5.30 Å². The number of hydrogen-bond acceptors (Lipinski definition) is 2. The summed E-state index contributed by atoms with van der Waals surface area (Å²) in [6, 6.07) is 11.9. The fourth-order valence-corrected chi connectivity index (χ4v) is 3.16. The molecule has 0 saturated heterocycles. The Morgan fingerprint density at radius 3 is 2.11 bits per heavy atom. The molecule has 0 amide bonds. The van der Waals surface area contributed by atoms with Crippen LogP contribution in [-0.4, -0.2) is 9.79 Å². The van der Waals surface area contributed by atoms with E-state index >= 15 is 0 Å². The molecule has 19 heavy (non-hydrogen) atoms. The van der Waals surface area contributed by atoms with Gasteiger partial charge in [0.15, 0.2) is 8.38 Å². The van der Waals surface area contributed by atoms with E-state index in [1.807, 2.05) is 18.2 Å². The summed E-state index contributed by atoms with van der Waals surface area (Å²) in [6.07, 6.45) is 0.744. The van der Waals surface area contributed by atoms with Gasteiger partial charge >= 0.3 is 0 Å². The Kier molecular flexibility index (Phi) is 4.36. The van der Waals surface area contributed by atoms with Crippen LogP contribution in [0.3, 0.4) is 0 Å². The first kappa shape index (κ1) is 14.2. The highest BCUT2D eigenvalue weighted by atomic mass is 31.2. The quantitative estimate of drug-likeness (QED) is 0.844. The molecule has 0 bridgehead atoms. The summed E-state index contributed by atoms with van der Waals surface area (Å²) in [7, 11) is -2.04. The first-order chi connectivity index (χ1) is 8.99. The fourth-order valence-electron chi connectivity index (χ4n) is 2.53. The first-order valence-electron chi connectivity index (χ1n) is 6.31. The maximum Gasteiger partial charge on any atom is 0.199 e. The summed E-state index contributed by atoms with van der Waals surface area (Å²) in [4.78, 5) is 19.0. The maximum atomic E-state index is 9.49. The number of benzene rings is 2. The average molecular weight is 274 g/mol. The third-order valence-corrected chi connectivity index (χ3v) is 4.28. The van der Waals surface area contributed by atoms with Crippen molar-refractivity contribution in [3.8, 4) is 0 Å². The lowest BCUT2D eigenvalue weighted by Gasteiger charge is -2.14. The van der Waals surface area contributed by atoms with E-state index in [1.165, 1.54) is 22.3 Å². The molecule has 0 aromatic heterocycles. The summed E-state index contributed by atoms with van der Waals surface area (Å²) in [5.74, 6) is 0. The smallest absolute Gasteiger partial charge is 0.199 e. The van der Waals surface area contributed by atoms with E-state index in [4.69, 9.17) is 0 Å². The highest BCUT2D eigenvalue weighted by Gasteiger charge is 2.12. The Hall–Kier alpha value is -1.21. The minimum Gasteiger partial charge on any atom is -0.347 e. The van der Waals surface area contributed by atoms with Crippen LogP contribution in [0.4, 0.5) is 0 Å². The third-order valence-electron chi connectivity index (χ3n) is 3.41. The lowest BCUT2D eigenvalue weighted by Crippen LogP contribution is -2.09. The zero-order chi connectivity index (χ0) is 14.0. The summed E-state index contributed by atoms with van der Waals surface area (Å²) in [5.41, 5.74) is 6.04. The number of hydrogen-bond donors (Lipinski definition) is 2. The molecular weight excluding hydrogens is 255 g/mol. The molecule has 0 saturated carbocycles. The normalized spacial score (nSPS) is 11.1. The SMILES string of the molecule is Cc1cc(C)c(Cc2ccccc2P(O)O)c(C)c1. The van der Waals surface area contributed by atoms with Crippen LogP contribution in [0.25, 0.3) is 0 Å².